The summed E-state index contributed by atoms with van der Waals surface area (Å²) in [6, 6.07) is 12.6. The largest absolute Gasteiger partial charge is 0.495 e. The number of aryl methyl sites for hydroxylation is 1. The highest BCUT2D eigenvalue weighted by Crippen LogP contribution is 2.37. The van der Waals surface area contributed by atoms with E-state index in [0.717, 1.165) is 29.4 Å². The number of amides is 2. The molecule has 0 unspecified atom stereocenters. The summed E-state index contributed by atoms with van der Waals surface area (Å²) in [7, 11) is 1.56. The number of rotatable bonds is 6. The van der Waals surface area contributed by atoms with Crippen molar-refractivity contribution < 1.29 is 19.1 Å². The van der Waals surface area contributed by atoms with Crippen LogP contribution in [-0.2, 0) is 14.3 Å². The van der Waals surface area contributed by atoms with Gasteiger partial charge in [-0.2, -0.15) is 0 Å². The maximum atomic E-state index is 13.4. The Morgan fingerprint density at radius 2 is 2.12 bits per heavy atom. The van der Waals surface area contributed by atoms with E-state index < -0.39 is 6.04 Å². The van der Waals surface area contributed by atoms with Crippen LogP contribution < -0.4 is 15.0 Å². The molecule has 32 heavy (non-hydrogen) atoms. The molecule has 0 saturated carbocycles. The van der Waals surface area contributed by atoms with Crippen molar-refractivity contribution in [3.8, 4) is 5.75 Å². The lowest BCUT2D eigenvalue weighted by atomic mass is 10.1. The highest BCUT2D eigenvalue weighted by molar-refractivity contribution is 6.05. The van der Waals surface area contributed by atoms with Crippen molar-refractivity contribution in [1.82, 2.24) is 9.55 Å². The Bertz CT molecular complexity index is 1180. The standard InChI is InChI=1S/C24H26N4O4/c1-15-9-10-21(31-2)18(12-15)25-22(29)13-20-23(30)27(14-16-6-5-11-32-16)24-26-17-7-3-4-8-19(17)28(20)24/h3-4,7-10,12,16,20H,5-6,11,13-14H2,1-2H3,(H,25,29)/t16-,20+/m1/s1. The van der Waals surface area contributed by atoms with E-state index in [1.807, 2.05) is 54.0 Å². The molecule has 1 N–H and O–H groups in total. The number of aromatic nitrogens is 2. The zero-order valence-corrected chi connectivity index (χ0v) is 18.2. The number of carbonyl (C=O) groups excluding carboxylic acids is 2. The monoisotopic (exact) mass is 434 g/mol. The van der Waals surface area contributed by atoms with E-state index >= 15 is 0 Å². The van der Waals surface area contributed by atoms with E-state index in [1.165, 1.54) is 0 Å². The molecule has 3 aromatic rings. The van der Waals surface area contributed by atoms with Crippen LogP contribution in [0, 0.1) is 6.92 Å². The number of para-hydroxylation sites is 2. The minimum absolute atomic E-state index is 0.00339. The molecule has 166 valence electrons. The molecule has 0 aliphatic carbocycles. The van der Waals surface area contributed by atoms with Crippen molar-refractivity contribution in [2.45, 2.75) is 38.3 Å². The van der Waals surface area contributed by atoms with E-state index in [4.69, 9.17) is 14.5 Å². The van der Waals surface area contributed by atoms with Crippen molar-refractivity contribution in [2.24, 2.45) is 0 Å². The normalized spacial score (nSPS) is 20.1. The van der Waals surface area contributed by atoms with Crippen molar-refractivity contribution in [3.05, 3.63) is 48.0 Å². The first-order valence-corrected chi connectivity index (χ1v) is 10.9. The predicted molar refractivity (Wildman–Crippen MR) is 121 cm³/mol. The average Bonchev–Trinajstić information content (AvgIpc) is 3.48. The molecular weight excluding hydrogens is 408 g/mol. The molecule has 1 saturated heterocycles. The quantitative estimate of drug-likeness (QED) is 0.642. The number of nitrogens with zero attached hydrogens (tertiary/aromatic N) is 3. The zero-order valence-electron chi connectivity index (χ0n) is 18.2. The van der Waals surface area contributed by atoms with Gasteiger partial charge in [-0.05, 0) is 49.6 Å². The number of nitrogens with one attached hydrogen (secondary N) is 1. The Kier molecular flexibility index (Phi) is 5.30. The molecule has 8 heteroatoms. The molecule has 8 nitrogen and oxygen atoms in total. The summed E-state index contributed by atoms with van der Waals surface area (Å²) in [6.45, 7) is 3.11. The summed E-state index contributed by atoms with van der Waals surface area (Å²) in [4.78, 5) is 32.8. The van der Waals surface area contributed by atoms with Crippen LogP contribution in [0.1, 0.15) is 30.9 Å². The maximum Gasteiger partial charge on any atom is 0.253 e. The first-order chi connectivity index (χ1) is 15.5. The lowest BCUT2D eigenvalue weighted by molar-refractivity contribution is -0.124. The number of fused-ring (bicyclic) bond motifs is 3. The second kappa shape index (κ2) is 8.27. The maximum absolute atomic E-state index is 13.4. The van der Waals surface area contributed by atoms with Gasteiger partial charge in [0.15, 0.2) is 0 Å². The number of hydrogen-bond donors (Lipinski definition) is 1. The van der Waals surface area contributed by atoms with Crippen LogP contribution in [0.5, 0.6) is 5.75 Å². The number of methoxy groups -OCH3 is 1. The Hall–Kier alpha value is -3.39. The summed E-state index contributed by atoms with van der Waals surface area (Å²) in [5.74, 6) is 0.781. The number of ether oxygens (including phenoxy) is 2. The highest BCUT2D eigenvalue weighted by Gasteiger charge is 2.42. The van der Waals surface area contributed by atoms with Crippen LogP contribution in [0.3, 0.4) is 0 Å². The van der Waals surface area contributed by atoms with Crippen LogP contribution in [0.4, 0.5) is 11.6 Å². The third-order valence-electron chi connectivity index (χ3n) is 6.10. The van der Waals surface area contributed by atoms with Crippen molar-refractivity contribution in [1.29, 1.82) is 0 Å². The summed E-state index contributed by atoms with van der Waals surface area (Å²) in [5, 5.41) is 2.92. The molecule has 0 bridgehead atoms. The number of benzene rings is 2. The minimum atomic E-state index is -0.658. The second-order valence-electron chi connectivity index (χ2n) is 8.33. The fourth-order valence-electron chi connectivity index (χ4n) is 4.56. The zero-order chi connectivity index (χ0) is 22.2. The summed E-state index contributed by atoms with van der Waals surface area (Å²) >= 11 is 0. The predicted octanol–water partition coefficient (Wildman–Crippen LogP) is 3.45. The average molecular weight is 434 g/mol. The van der Waals surface area contributed by atoms with E-state index in [2.05, 4.69) is 5.32 Å². The van der Waals surface area contributed by atoms with Gasteiger partial charge < -0.3 is 14.8 Å². The van der Waals surface area contributed by atoms with Crippen LogP contribution >= 0.6 is 0 Å². The molecule has 2 amide bonds. The van der Waals surface area contributed by atoms with Gasteiger partial charge in [-0.15, -0.1) is 0 Å². The molecule has 0 spiro atoms. The van der Waals surface area contributed by atoms with Gasteiger partial charge in [0.1, 0.15) is 11.8 Å². The van der Waals surface area contributed by atoms with E-state index in [9.17, 15) is 9.59 Å². The van der Waals surface area contributed by atoms with Gasteiger partial charge in [0, 0.05) is 6.61 Å². The van der Waals surface area contributed by atoms with Gasteiger partial charge in [-0.3, -0.25) is 19.1 Å². The highest BCUT2D eigenvalue weighted by atomic mass is 16.5. The molecule has 5 rings (SSSR count). The molecule has 0 radical (unpaired) electrons. The van der Waals surface area contributed by atoms with Crippen molar-refractivity contribution in [3.63, 3.8) is 0 Å². The topological polar surface area (TPSA) is 85.7 Å². The fraction of sp³-hybridized carbons (Fsp3) is 0.375. The summed E-state index contributed by atoms with van der Waals surface area (Å²) < 4.78 is 13.0. The molecule has 1 aromatic heterocycles. The number of carbonyl (C=O) groups is 2. The smallest absolute Gasteiger partial charge is 0.253 e. The number of imidazole rings is 1. The van der Waals surface area contributed by atoms with Crippen LogP contribution in [0.15, 0.2) is 42.5 Å². The Morgan fingerprint density at radius 3 is 2.91 bits per heavy atom. The van der Waals surface area contributed by atoms with Crippen LogP contribution in [0.2, 0.25) is 0 Å². The van der Waals surface area contributed by atoms with Gasteiger partial charge in [0.25, 0.3) is 5.91 Å². The van der Waals surface area contributed by atoms with E-state index in [-0.39, 0.29) is 24.3 Å². The minimum Gasteiger partial charge on any atom is -0.495 e. The van der Waals surface area contributed by atoms with E-state index in [1.54, 1.807) is 12.0 Å². The molecule has 3 heterocycles. The molecule has 2 aliphatic rings. The SMILES string of the molecule is COc1ccc(C)cc1NC(=O)C[C@H]1C(=O)N(C[C@H]2CCCO2)c2nc3ccccc3n21. The Morgan fingerprint density at radius 1 is 1.28 bits per heavy atom. The summed E-state index contributed by atoms with van der Waals surface area (Å²) in [6.07, 6.45) is 1.91. The third-order valence-corrected chi connectivity index (χ3v) is 6.10. The van der Waals surface area contributed by atoms with Crippen molar-refractivity contribution in [2.75, 3.05) is 30.5 Å². The molecule has 2 atom stereocenters. The number of anilines is 2. The summed E-state index contributed by atoms with van der Waals surface area (Å²) in [5.41, 5.74) is 3.24. The third kappa shape index (κ3) is 3.60. The second-order valence-corrected chi connectivity index (χ2v) is 8.33. The van der Waals surface area contributed by atoms with Crippen LogP contribution in [-0.4, -0.2) is 47.7 Å². The first kappa shape index (κ1) is 20.5. The fourth-order valence-corrected chi connectivity index (χ4v) is 4.56. The molecule has 1 fully saturated rings. The first-order valence-electron chi connectivity index (χ1n) is 10.9. The molecule has 2 aromatic carbocycles. The van der Waals surface area contributed by atoms with E-state index in [0.29, 0.717) is 30.5 Å². The lowest BCUT2D eigenvalue weighted by Gasteiger charge is -2.19. The molecular formula is C24H26N4O4. The Balaban J connectivity index is 1.44. The lowest BCUT2D eigenvalue weighted by Crippen LogP contribution is -2.37. The van der Waals surface area contributed by atoms with Gasteiger partial charge in [0.05, 0.1) is 42.9 Å². The van der Waals surface area contributed by atoms with Crippen molar-refractivity contribution >= 4 is 34.5 Å². The van der Waals surface area contributed by atoms with Gasteiger partial charge in [0.2, 0.25) is 11.9 Å². The van der Waals surface area contributed by atoms with Gasteiger partial charge in [-0.1, -0.05) is 18.2 Å². The number of hydrogen-bond acceptors (Lipinski definition) is 5. The van der Waals surface area contributed by atoms with Crippen LogP contribution in [0.25, 0.3) is 11.0 Å². The van der Waals surface area contributed by atoms with Gasteiger partial charge >= 0.3 is 0 Å². The van der Waals surface area contributed by atoms with Gasteiger partial charge in [-0.25, -0.2) is 4.98 Å². The molecule has 2 aliphatic heterocycles. The Labute approximate surface area is 186 Å².